The fourth-order valence-electron chi connectivity index (χ4n) is 1.44. The molecule has 0 spiro atoms. The topological polar surface area (TPSA) is 107 Å². The van der Waals surface area contributed by atoms with Crippen LogP contribution >= 0.6 is 23.3 Å². The van der Waals surface area contributed by atoms with Crippen molar-refractivity contribution in [2.75, 3.05) is 11.9 Å². The van der Waals surface area contributed by atoms with Gasteiger partial charge in [-0.1, -0.05) is 0 Å². The normalized spacial score (nSPS) is 10.8. The molecule has 0 fully saturated rings. The molecular weight excluding hydrogens is 310 g/mol. The van der Waals surface area contributed by atoms with E-state index in [0.717, 1.165) is 10.2 Å². The number of hydrogen-bond acceptors (Lipinski definition) is 10. The van der Waals surface area contributed by atoms with Gasteiger partial charge in [-0.2, -0.15) is 29.1 Å². The first kappa shape index (κ1) is 13.8. The van der Waals surface area contributed by atoms with Crippen molar-refractivity contribution in [3.63, 3.8) is 0 Å². The first-order valence-corrected chi connectivity index (χ1v) is 7.66. The Bertz CT molecular complexity index is 724. The number of nitrogens with one attached hydrogen (secondary N) is 1. The van der Waals surface area contributed by atoms with E-state index in [9.17, 15) is 0 Å². The summed E-state index contributed by atoms with van der Waals surface area (Å²) in [7, 11) is 0. The van der Waals surface area contributed by atoms with E-state index >= 15 is 0 Å². The van der Waals surface area contributed by atoms with Crippen molar-refractivity contribution in [2.45, 2.75) is 23.3 Å². The molecule has 9 nitrogen and oxygen atoms in total. The van der Waals surface area contributed by atoms with Gasteiger partial charge in [0.2, 0.25) is 11.1 Å². The molecule has 0 aromatic carbocycles. The molecule has 0 bridgehead atoms. The van der Waals surface area contributed by atoms with E-state index in [4.69, 9.17) is 0 Å². The monoisotopic (exact) mass is 321 g/mol. The maximum absolute atomic E-state index is 4.36. The summed E-state index contributed by atoms with van der Waals surface area (Å²) < 4.78 is 6.41. The van der Waals surface area contributed by atoms with Crippen molar-refractivity contribution in [3.8, 4) is 5.95 Å². The smallest absolute Gasteiger partial charge is 0.257 e. The molecule has 108 valence electrons. The lowest BCUT2D eigenvalue weighted by atomic mass is 10.7. The SMILES string of the molecule is CCNc1nc(Sc2nc(C)ns2)nc(-n2cncn2)n1. The Morgan fingerprint density at radius 3 is 2.86 bits per heavy atom. The van der Waals surface area contributed by atoms with Gasteiger partial charge in [-0.05, 0) is 37.1 Å². The fraction of sp³-hybridized carbons (Fsp3) is 0.300. The van der Waals surface area contributed by atoms with Gasteiger partial charge >= 0.3 is 0 Å². The summed E-state index contributed by atoms with van der Waals surface area (Å²) >= 11 is 2.65. The molecule has 0 aliphatic rings. The Hall–Kier alpha value is -2.14. The number of aryl methyl sites for hydroxylation is 1. The van der Waals surface area contributed by atoms with Gasteiger partial charge in [-0.3, -0.25) is 0 Å². The number of nitrogens with zero attached hydrogens (tertiary/aromatic N) is 8. The zero-order valence-electron chi connectivity index (χ0n) is 11.3. The van der Waals surface area contributed by atoms with Gasteiger partial charge in [-0.15, -0.1) is 0 Å². The second-order valence-electron chi connectivity index (χ2n) is 3.82. The minimum atomic E-state index is 0.405. The van der Waals surface area contributed by atoms with Crippen LogP contribution in [0.2, 0.25) is 0 Å². The number of aromatic nitrogens is 8. The van der Waals surface area contributed by atoms with Crippen LogP contribution in [0.3, 0.4) is 0 Å². The second-order valence-corrected chi connectivity index (χ2v) is 5.79. The molecule has 0 aliphatic carbocycles. The van der Waals surface area contributed by atoms with Crippen LogP contribution in [0.15, 0.2) is 22.2 Å². The summed E-state index contributed by atoms with van der Waals surface area (Å²) in [5.41, 5.74) is 0. The lowest BCUT2D eigenvalue weighted by molar-refractivity contribution is 0.759. The summed E-state index contributed by atoms with van der Waals surface area (Å²) in [5.74, 6) is 1.63. The third kappa shape index (κ3) is 3.31. The summed E-state index contributed by atoms with van der Waals surface area (Å²) in [6.07, 6.45) is 2.96. The summed E-state index contributed by atoms with van der Waals surface area (Å²) in [6, 6.07) is 0. The van der Waals surface area contributed by atoms with Crippen LogP contribution in [0, 0.1) is 6.92 Å². The maximum atomic E-state index is 4.36. The van der Waals surface area contributed by atoms with Crippen molar-refractivity contribution >= 4 is 29.2 Å². The lowest BCUT2D eigenvalue weighted by Gasteiger charge is -2.05. The molecule has 0 amide bonds. The minimum absolute atomic E-state index is 0.405. The Labute approximate surface area is 128 Å². The first-order valence-electron chi connectivity index (χ1n) is 6.07. The highest BCUT2D eigenvalue weighted by Crippen LogP contribution is 2.26. The zero-order chi connectivity index (χ0) is 14.7. The zero-order valence-corrected chi connectivity index (χ0v) is 12.9. The molecule has 11 heteroatoms. The van der Waals surface area contributed by atoms with Gasteiger partial charge in [0, 0.05) is 6.54 Å². The molecule has 3 aromatic heterocycles. The molecule has 1 N–H and O–H groups in total. The van der Waals surface area contributed by atoms with Gasteiger partial charge in [-0.25, -0.2) is 9.97 Å². The summed E-state index contributed by atoms with van der Waals surface area (Å²) in [4.78, 5) is 21.2. The second kappa shape index (κ2) is 6.10. The average molecular weight is 321 g/mol. The van der Waals surface area contributed by atoms with Gasteiger partial charge in [0.1, 0.15) is 18.5 Å². The molecule has 3 heterocycles. The average Bonchev–Trinajstić information content (AvgIpc) is 3.11. The van der Waals surface area contributed by atoms with Gasteiger partial charge in [0.15, 0.2) is 4.34 Å². The molecule has 0 radical (unpaired) electrons. The largest absolute Gasteiger partial charge is 0.354 e. The number of hydrogen-bond donors (Lipinski definition) is 1. The van der Waals surface area contributed by atoms with Crippen LogP contribution in [-0.2, 0) is 0 Å². The van der Waals surface area contributed by atoms with E-state index in [2.05, 4.69) is 39.7 Å². The van der Waals surface area contributed by atoms with Gasteiger partial charge < -0.3 is 5.32 Å². The predicted molar refractivity (Wildman–Crippen MR) is 77.7 cm³/mol. The van der Waals surface area contributed by atoms with Gasteiger partial charge in [0.25, 0.3) is 5.95 Å². The van der Waals surface area contributed by atoms with E-state index in [1.54, 1.807) is 0 Å². The Morgan fingerprint density at radius 2 is 2.19 bits per heavy atom. The standard InChI is InChI=1S/C10H11N9S2/c1-3-12-7-15-8(19-5-11-4-13-19)17-9(16-7)20-10-14-6(2)18-21-10/h4-5H,3H2,1-2H3,(H,12,15,16,17). The molecule has 3 aromatic rings. The number of anilines is 1. The van der Waals surface area contributed by atoms with Crippen LogP contribution in [0.5, 0.6) is 0 Å². The molecule has 3 rings (SSSR count). The highest BCUT2D eigenvalue weighted by atomic mass is 32.2. The van der Waals surface area contributed by atoms with Crippen LogP contribution < -0.4 is 5.32 Å². The number of rotatable bonds is 5. The van der Waals surface area contributed by atoms with E-state index in [0.29, 0.717) is 23.6 Å². The van der Waals surface area contributed by atoms with E-state index in [-0.39, 0.29) is 0 Å². The van der Waals surface area contributed by atoms with E-state index in [1.807, 2.05) is 13.8 Å². The quantitative estimate of drug-likeness (QED) is 0.741. The Balaban J connectivity index is 1.95. The lowest BCUT2D eigenvalue weighted by Crippen LogP contribution is -2.09. The molecule has 0 saturated heterocycles. The third-order valence-corrected chi connectivity index (χ3v) is 3.96. The van der Waals surface area contributed by atoms with Crippen molar-refractivity contribution in [3.05, 3.63) is 18.5 Å². The van der Waals surface area contributed by atoms with Crippen molar-refractivity contribution < 1.29 is 0 Å². The van der Waals surface area contributed by atoms with Crippen molar-refractivity contribution in [2.24, 2.45) is 0 Å². The van der Waals surface area contributed by atoms with E-state index < -0.39 is 0 Å². The van der Waals surface area contributed by atoms with Crippen LogP contribution in [0.4, 0.5) is 5.95 Å². The maximum Gasteiger partial charge on any atom is 0.257 e. The first-order chi connectivity index (χ1) is 10.2. The molecule has 0 saturated carbocycles. The van der Waals surface area contributed by atoms with Crippen molar-refractivity contribution in [1.82, 2.24) is 39.1 Å². The molecule has 0 unspecified atom stereocenters. The van der Waals surface area contributed by atoms with Crippen LogP contribution in [-0.4, -0.2) is 45.6 Å². The Kier molecular flexibility index (Phi) is 4.01. The van der Waals surface area contributed by atoms with Crippen molar-refractivity contribution in [1.29, 1.82) is 0 Å². The van der Waals surface area contributed by atoms with Crippen LogP contribution in [0.1, 0.15) is 12.7 Å². The highest BCUT2D eigenvalue weighted by molar-refractivity contribution is 8.00. The highest BCUT2D eigenvalue weighted by Gasteiger charge is 2.12. The van der Waals surface area contributed by atoms with Crippen LogP contribution in [0.25, 0.3) is 5.95 Å². The third-order valence-electron chi connectivity index (χ3n) is 2.25. The Morgan fingerprint density at radius 1 is 1.29 bits per heavy atom. The summed E-state index contributed by atoms with van der Waals surface area (Å²) in [6.45, 7) is 4.53. The fourth-order valence-corrected chi connectivity index (χ4v) is 2.94. The molecule has 0 aliphatic heterocycles. The predicted octanol–water partition coefficient (Wildman–Crippen LogP) is 1.20. The molecule has 0 atom stereocenters. The van der Waals surface area contributed by atoms with Gasteiger partial charge in [0.05, 0.1) is 0 Å². The summed E-state index contributed by atoms with van der Waals surface area (Å²) in [5, 5.41) is 7.63. The van der Waals surface area contributed by atoms with E-state index in [1.165, 1.54) is 40.6 Å². The minimum Gasteiger partial charge on any atom is -0.354 e. The molecule has 21 heavy (non-hydrogen) atoms. The molecular formula is C10H11N9S2.